The first-order valence-electron chi connectivity index (χ1n) is 8.85. The van der Waals surface area contributed by atoms with Crippen molar-refractivity contribution >= 4 is 13.3 Å². The molecule has 0 saturated carbocycles. The summed E-state index contributed by atoms with van der Waals surface area (Å²) in [6, 6.07) is 25.3. The first-order chi connectivity index (χ1) is 11.4. The van der Waals surface area contributed by atoms with Gasteiger partial charge in [-0.2, -0.15) is 0 Å². The lowest BCUT2D eigenvalue weighted by molar-refractivity contribution is 0.935. The Morgan fingerprint density at radius 2 is 1.48 bits per heavy atom. The maximum absolute atomic E-state index is 2.52. The molecule has 1 fully saturated rings. The molecule has 0 bridgehead atoms. The molecule has 0 amide bonds. The summed E-state index contributed by atoms with van der Waals surface area (Å²) in [7, 11) is -1.45. The average Bonchev–Trinajstić information content (AvgIpc) is 3.26. The van der Waals surface area contributed by atoms with Gasteiger partial charge >= 0.3 is 0 Å². The lowest BCUT2D eigenvalue weighted by Crippen LogP contribution is -2.49. The Bertz CT molecular complexity index is 706. The van der Waals surface area contributed by atoms with Crippen LogP contribution < -0.4 is 5.19 Å². The summed E-state index contributed by atoms with van der Waals surface area (Å²) in [4.78, 5) is 0. The second-order valence-corrected chi connectivity index (χ2v) is 11.5. The Labute approximate surface area is 140 Å². The van der Waals surface area contributed by atoms with Crippen LogP contribution >= 0.6 is 0 Å². The topological polar surface area (TPSA) is 0 Å². The fourth-order valence-corrected chi connectivity index (χ4v) is 10.4. The zero-order valence-corrected chi connectivity index (χ0v) is 14.6. The van der Waals surface area contributed by atoms with Crippen LogP contribution in [0.5, 0.6) is 0 Å². The minimum Gasteiger partial charge on any atom is -0.0797 e. The smallest absolute Gasteiger partial charge is 0.0797 e. The molecule has 4 rings (SSSR count). The van der Waals surface area contributed by atoms with E-state index in [1.165, 1.54) is 30.5 Å². The third-order valence-electron chi connectivity index (χ3n) is 5.70. The fourth-order valence-electron chi connectivity index (χ4n) is 4.61. The van der Waals surface area contributed by atoms with Crippen molar-refractivity contribution in [1.29, 1.82) is 0 Å². The SMILES string of the molecule is C1=CC([Si]2(c3ccccc3)CCCC2)C(Cc2ccccc2)=C1. The highest BCUT2D eigenvalue weighted by atomic mass is 28.3. The van der Waals surface area contributed by atoms with Gasteiger partial charge in [-0.25, -0.2) is 0 Å². The monoisotopic (exact) mass is 316 g/mol. The van der Waals surface area contributed by atoms with Gasteiger partial charge in [0.1, 0.15) is 0 Å². The molecular formula is C22H24Si. The molecule has 0 radical (unpaired) electrons. The third-order valence-corrected chi connectivity index (χ3v) is 11.4. The van der Waals surface area contributed by atoms with Crippen molar-refractivity contribution in [1.82, 2.24) is 0 Å². The van der Waals surface area contributed by atoms with Crippen molar-refractivity contribution in [2.75, 3.05) is 0 Å². The maximum Gasteiger partial charge on any atom is 0.0975 e. The van der Waals surface area contributed by atoms with Crippen molar-refractivity contribution < 1.29 is 0 Å². The molecule has 1 unspecified atom stereocenters. The second kappa shape index (κ2) is 6.33. The Morgan fingerprint density at radius 1 is 0.826 bits per heavy atom. The maximum atomic E-state index is 2.52. The summed E-state index contributed by atoms with van der Waals surface area (Å²) in [5, 5.41) is 1.67. The Hall–Kier alpha value is -1.86. The van der Waals surface area contributed by atoms with E-state index < -0.39 is 8.07 Å². The van der Waals surface area contributed by atoms with Gasteiger partial charge in [0, 0.05) is 0 Å². The van der Waals surface area contributed by atoms with Crippen LogP contribution in [-0.2, 0) is 6.42 Å². The van der Waals surface area contributed by atoms with Crippen LogP contribution in [0.3, 0.4) is 0 Å². The van der Waals surface area contributed by atoms with Gasteiger partial charge in [0.15, 0.2) is 0 Å². The first kappa shape index (κ1) is 14.7. The molecule has 1 heterocycles. The molecule has 23 heavy (non-hydrogen) atoms. The normalized spacial score (nSPS) is 22.3. The standard InChI is InChI=1S/C22H24Si/c1-3-10-19(11-4-1)18-20-12-9-15-22(20)23(16-7-8-17-23)21-13-5-2-6-14-21/h1-6,9-15,22H,7-8,16-18H2. The van der Waals surface area contributed by atoms with Crippen molar-refractivity contribution in [3.8, 4) is 0 Å². The Kier molecular flexibility index (Phi) is 4.05. The average molecular weight is 317 g/mol. The predicted molar refractivity (Wildman–Crippen MR) is 102 cm³/mol. The predicted octanol–water partition coefficient (Wildman–Crippen LogP) is 5.25. The third kappa shape index (κ3) is 2.74. The highest BCUT2D eigenvalue weighted by molar-refractivity contribution is 6.94. The highest BCUT2D eigenvalue weighted by Crippen LogP contribution is 2.46. The lowest BCUT2D eigenvalue weighted by Gasteiger charge is -2.35. The molecule has 1 saturated heterocycles. The molecule has 2 aliphatic rings. The van der Waals surface area contributed by atoms with E-state index in [1.54, 1.807) is 10.8 Å². The summed E-state index contributed by atoms with van der Waals surface area (Å²) in [5.41, 5.74) is 3.80. The second-order valence-electron chi connectivity index (χ2n) is 7.00. The van der Waals surface area contributed by atoms with E-state index in [4.69, 9.17) is 0 Å². The van der Waals surface area contributed by atoms with Crippen LogP contribution in [0.25, 0.3) is 0 Å². The molecule has 2 aromatic rings. The molecule has 2 aromatic carbocycles. The van der Waals surface area contributed by atoms with Gasteiger partial charge in [0.2, 0.25) is 0 Å². The summed E-state index contributed by atoms with van der Waals surface area (Å²) in [6.07, 6.45) is 11.2. The van der Waals surface area contributed by atoms with E-state index in [9.17, 15) is 0 Å². The van der Waals surface area contributed by atoms with Crippen LogP contribution in [-0.4, -0.2) is 8.07 Å². The van der Waals surface area contributed by atoms with Crippen molar-refractivity contribution in [2.45, 2.75) is 36.9 Å². The van der Waals surface area contributed by atoms with E-state index in [-0.39, 0.29) is 0 Å². The van der Waals surface area contributed by atoms with E-state index >= 15 is 0 Å². The zero-order valence-electron chi connectivity index (χ0n) is 13.6. The van der Waals surface area contributed by atoms with Crippen molar-refractivity contribution in [2.24, 2.45) is 0 Å². The number of hydrogen-bond donors (Lipinski definition) is 0. The van der Waals surface area contributed by atoms with E-state index in [2.05, 4.69) is 78.9 Å². The Balaban J connectivity index is 1.67. The van der Waals surface area contributed by atoms with E-state index in [1.807, 2.05) is 0 Å². The lowest BCUT2D eigenvalue weighted by atomic mass is 10.0. The molecule has 0 spiro atoms. The Morgan fingerprint density at radius 3 is 2.17 bits per heavy atom. The van der Waals surface area contributed by atoms with Gasteiger partial charge in [-0.15, -0.1) is 0 Å². The molecule has 0 N–H and O–H groups in total. The van der Waals surface area contributed by atoms with Crippen LogP contribution in [0, 0.1) is 0 Å². The fraction of sp³-hybridized carbons (Fsp3) is 0.273. The van der Waals surface area contributed by atoms with Crippen LogP contribution in [0.2, 0.25) is 17.6 Å². The number of benzene rings is 2. The molecule has 1 heteroatoms. The number of hydrogen-bond acceptors (Lipinski definition) is 0. The molecule has 1 atom stereocenters. The van der Waals surface area contributed by atoms with Crippen LogP contribution in [0.15, 0.2) is 84.5 Å². The number of rotatable bonds is 4. The largest absolute Gasteiger partial charge is 0.0975 e. The molecular weight excluding hydrogens is 292 g/mol. The van der Waals surface area contributed by atoms with E-state index in [0.29, 0.717) is 5.54 Å². The van der Waals surface area contributed by atoms with Crippen molar-refractivity contribution in [3.05, 3.63) is 90.0 Å². The summed E-state index contributed by atoms with van der Waals surface area (Å²) < 4.78 is 0. The zero-order chi connectivity index (χ0) is 15.5. The molecule has 0 nitrogen and oxygen atoms in total. The van der Waals surface area contributed by atoms with Gasteiger partial charge in [-0.1, -0.05) is 115 Å². The minimum atomic E-state index is -1.45. The van der Waals surface area contributed by atoms with E-state index in [0.717, 1.165) is 6.42 Å². The molecule has 116 valence electrons. The quantitative estimate of drug-likeness (QED) is 0.676. The van der Waals surface area contributed by atoms with Gasteiger partial charge in [0.05, 0.1) is 8.07 Å². The minimum absolute atomic E-state index is 0.701. The highest BCUT2D eigenvalue weighted by Gasteiger charge is 2.45. The van der Waals surface area contributed by atoms with Gasteiger partial charge in [-0.3, -0.25) is 0 Å². The molecule has 1 aliphatic heterocycles. The van der Waals surface area contributed by atoms with Gasteiger partial charge in [-0.05, 0) is 17.5 Å². The van der Waals surface area contributed by atoms with Gasteiger partial charge < -0.3 is 0 Å². The van der Waals surface area contributed by atoms with Crippen molar-refractivity contribution in [3.63, 3.8) is 0 Å². The summed E-state index contributed by atoms with van der Waals surface area (Å²) >= 11 is 0. The molecule has 1 aliphatic carbocycles. The molecule has 0 aromatic heterocycles. The van der Waals surface area contributed by atoms with Gasteiger partial charge in [0.25, 0.3) is 0 Å². The first-order valence-corrected chi connectivity index (χ1v) is 11.3. The van der Waals surface area contributed by atoms with Crippen LogP contribution in [0.1, 0.15) is 18.4 Å². The van der Waals surface area contributed by atoms with Crippen LogP contribution in [0.4, 0.5) is 0 Å². The summed E-state index contributed by atoms with van der Waals surface area (Å²) in [6.45, 7) is 0. The summed E-state index contributed by atoms with van der Waals surface area (Å²) in [5.74, 6) is 0. The number of allylic oxidation sites excluding steroid dienone is 4.